The fourth-order valence-corrected chi connectivity index (χ4v) is 2.52. The van der Waals surface area contributed by atoms with E-state index in [9.17, 15) is 4.79 Å². The lowest BCUT2D eigenvalue weighted by atomic mass is 9.94. The molecule has 0 atom stereocenters. The lowest BCUT2D eigenvalue weighted by Crippen LogP contribution is -2.36. The molecule has 0 unspecified atom stereocenters. The first kappa shape index (κ1) is 17.5. The summed E-state index contributed by atoms with van der Waals surface area (Å²) in [5.41, 5.74) is 2.15. The third kappa shape index (κ3) is 6.40. The van der Waals surface area contributed by atoms with Crippen LogP contribution in [0.1, 0.15) is 40.0 Å². The molecule has 1 aliphatic heterocycles. The Labute approximate surface area is 137 Å². The first-order chi connectivity index (χ1) is 10.9. The van der Waals surface area contributed by atoms with Gasteiger partial charge in [0.25, 0.3) is 0 Å². The van der Waals surface area contributed by atoms with E-state index in [0.29, 0.717) is 12.5 Å². The second-order valence-corrected chi connectivity index (χ2v) is 6.73. The van der Waals surface area contributed by atoms with Crippen LogP contribution in [-0.2, 0) is 9.57 Å². The quantitative estimate of drug-likeness (QED) is 0.507. The summed E-state index contributed by atoms with van der Waals surface area (Å²) in [4.78, 5) is 27.0. The van der Waals surface area contributed by atoms with Crippen molar-refractivity contribution in [3.63, 3.8) is 0 Å². The molecule has 0 bridgehead atoms. The number of hydroxylamine groups is 1. The number of rotatable bonds is 5. The number of aromatic nitrogens is 2. The van der Waals surface area contributed by atoms with E-state index in [2.05, 4.69) is 20.3 Å². The van der Waals surface area contributed by atoms with E-state index in [1.807, 2.05) is 6.07 Å². The highest BCUT2D eigenvalue weighted by atomic mass is 16.8. The van der Waals surface area contributed by atoms with Gasteiger partial charge in [0.15, 0.2) is 0 Å². The zero-order valence-electron chi connectivity index (χ0n) is 14.1. The van der Waals surface area contributed by atoms with Crippen molar-refractivity contribution < 1.29 is 14.4 Å². The molecule has 1 aromatic rings. The van der Waals surface area contributed by atoms with Crippen molar-refractivity contribution in [3.8, 4) is 0 Å². The van der Waals surface area contributed by atoms with Crippen molar-refractivity contribution in [1.29, 1.82) is 0 Å². The molecule has 7 nitrogen and oxygen atoms in total. The molecule has 0 saturated carbocycles. The molecule has 2 heterocycles. The van der Waals surface area contributed by atoms with Gasteiger partial charge in [0, 0.05) is 32.0 Å². The Morgan fingerprint density at radius 1 is 1.30 bits per heavy atom. The standard InChI is InChI=1S/C16H26N4O3/c1-16(2,3)22-15(21)23-19-10-5-13-6-11-20(12-7-13)14-17-8-4-9-18-14/h4,8-9,13,19H,5-7,10-12H2,1-3H3. The molecule has 2 rings (SSSR count). The van der Waals surface area contributed by atoms with Gasteiger partial charge in [-0.05, 0) is 52.0 Å². The van der Waals surface area contributed by atoms with Crippen molar-refractivity contribution >= 4 is 12.1 Å². The van der Waals surface area contributed by atoms with Gasteiger partial charge in [-0.1, -0.05) is 0 Å². The molecule has 0 aromatic carbocycles. The number of ether oxygens (including phenoxy) is 1. The van der Waals surface area contributed by atoms with E-state index in [4.69, 9.17) is 9.57 Å². The SMILES string of the molecule is CC(C)(C)OC(=O)ONCCC1CCN(c2ncccn2)CC1. The van der Waals surface area contributed by atoms with Crippen LogP contribution in [-0.4, -0.2) is 41.4 Å². The van der Waals surface area contributed by atoms with Crippen molar-refractivity contribution in [3.05, 3.63) is 18.5 Å². The molecule has 23 heavy (non-hydrogen) atoms. The fourth-order valence-electron chi connectivity index (χ4n) is 2.52. The summed E-state index contributed by atoms with van der Waals surface area (Å²) in [5.74, 6) is 1.42. The number of nitrogens with zero attached hydrogens (tertiary/aromatic N) is 3. The summed E-state index contributed by atoms with van der Waals surface area (Å²) >= 11 is 0. The Morgan fingerprint density at radius 2 is 1.96 bits per heavy atom. The third-order valence-electron chi connectivity index (χ3n) is 3.65. The van der Waals surface area contributed by atoms with Gasteiger partial charge in [-0.15, -0.1) is 5.48 Å². The summed E-state index contributed by atoms with van der Waals surface area (Å²) in [5, 5.41) is 0. The molecule has 1 fully saturated rings. The lowest BCUT2D eigenvalue weighted by molar-refractivity contribution is -0.0327. The number of hydrogen-bond donors (Lipinski definition) is 1. The molecular formula is C16H26N4O3. The van der Waals surface area contributed by atoms with Crippen LogP contribution in [0.2, 0.25) is 0 Å². The Kier molecular flexibility index (Phi) is 6.15. The number of carbonyl (C=O) groups excluding carboxylic acids is 1. The van der Waals surface area contributed by atoms with Crippen LogP contribution < -0.4 is 10.4 Å². The summed E-state index contributed by atoms with van der Waals surface area (Å²) in [6, 6.07) is 1.83. The van der Waals surface area contributed by atoms with Gasteiger partial charge in [0.1, 0.15) is 5.60 Å². The number of anilines is 1. The average Bonchev–Trinajstić information content (AvgIpc) is 2.51. The van der Waals surface area contributed by atoms with E-state index in [0.717, 1.165) is 38.3 Å². The molecule has 7 heteroatoms. The highest BCUT2D eigenvalue weighted by Gasteiger charge is 2.21. The minimum atomic E-state index is -0.687. The number of piperidine rings is 1. The molecule has 0 aliphatic carbocycles. The van der Waals surface area contributed by atoms with Crippen LogP contribution in [0.5, 0.6) is 0 Å². The zero-order valence-corrected chi connectivity index (χ0v) is 14.1. The van der Waals surface area contributed by atoms with Gasteiger partial charge < -0.3 is 14.5 Å². The highest BCUT2D eigenvalue weighted by Crippen LogP contribution is 2.22. The Balaban J connectivity index is 1.59. The van der Waals surface area contributed by atoms with Crippen LogP contribution in [0.4, 0.5) is 10.7 Å². The molecule has 0 spiro atoms. The highest BCUT2D eigenvalue weighted by molar-refractivity contribution is 5.60. The molecule has 1 aliphatic rings. The van der Waals surface area contributed by atoms with Crippen LogP contribution in [0.25, 0.3) is 0 Å². The maximum absolute atomic E-state index is 11.4. The molecule has 0 radical (unpaired) electrons. The second-order valence-electron chi connectivity index (χ2n) is 6.73. The normalized spacial score (nSPS) is 16.2. The van der Waals surface area contributed by atoms with Gasteiger partial charge in [-0.2, -0.15) is 0 Å². The zero-order chi connectivity index (χ0) is 16.7. The minimum absolute atomic E-state index is 0.537. The number of hydrogen-bond acceptors (Lipinski definition) is 7. The lowest BCUT2D eigenvalue weighted by Gasteiger charge is -2.31. The Morgan fingerprint density at radius 3 is 2.57 bits per heavy atom. The Hall–Kier alpha value is -1.89. The predicted molar refractivity (Wildman–Crippen MR) is 86.9 cm³/mol. The largest absolute Gasteiger partial charge is 0.528 e. The molecule has 0 amide bonds. The van der Waals surface area contributed by atoms with E-state index >= 15 is 0 Å². The molecular weight excluding hydrogens is 296 g/mol. The molecule has 128 valence electrons. The van der Waals surface area contributed by atoms with Crippen molar-refractivity contribution in [2.45, 2.75) is 45.6 Å². The van der Waals surface area contributed by atoms with Gasteiger partial charge >= 0.3 is 6.16 Å². The van der Waals surface area contributed by atoms with E-state index < -0.39 is 11.8 Å². The van der Waals surface area contributed by atoms with E-state index in [1.165, 1.54) is 0 Å². The van der Waals surface area contributed by atoms with Crippen LogP contribution >= 0.6 is 0 Å². The van der Waals surface area contributed by atoms with E-state index in [1.54, 1.807) is 33.2 Å². The fraction of sp³-hybridized carbons (Fsp3) is 0.688. The minimum Gasteiger partial charge on any atom is -0.427 e. The van der Waals surface area contributed by atoms with Crippen LogP contribution in [0.15, 0.2) is 18.5 Å². The van der Waals surface area contributed by atoms with Crippen LogP contribution in [0.3, 0.4) is 0 Å². The van der Waals surface area contributed by atoms with Gasteiger partial charge in [0.05, 0.1) is 0 Å². The van der Waals surface area contributed by atoms with Gasteiger partial charge in [-0.3, -0.25) is 0 Å². The van der Waals surface area contributed by atoms with E-state index in [-0.39, 0.29) is 0 Å². The summed E-state index contributed by atoms with van der Waals surface area (Å²) in [6.45, 7) is 7.96. The summed E-state index contributed by atoms with van der Waals surface area (Å²) < 4.78 is 5.05. The summed E-state index contributed by atoms with van der Waals surface area (Å²) in [7, 11) is 0. The number of nitrogens with one attached hydrogen (secondary N) is 1. The van der Waals surface area contributed by atoms with Crippen molar-refractivity contribution in [2.24, 2.45) is 5.92 Å². The first-order valence-electron chi connectivity index (χ1n) is 8.09. The topological polar surface area (TPSA) is 76.6 Å². The van der Waals surface area contributed by atoms with Gasteiger partial charge in [-0.25, -0.2) is 14.8 Å². The molecule has 1 saturated heterocycles. The molecule has 1 aromatic heterocycles. The van der Waals surface area contributed by atoms with Crippen molar-refractivity contribution in [1.82, 2.24) is 15.4 Å². The third-order valence-corrected chi connectivity index (χ3v) is 3.65. The smallest absolute Gasteiger partial charge is 0.427 e. The average molecular weight is 322 g/mol. The Bertz CT molecular complexity index is 482. The van der Waals surface area contributed by atoms with Crippen molar-refractivity contribution in [2.75, 3.05) is 24.5 Å². The maximum Gasteiger partial charge on any atom is 0.528 e. The van der Waals surface area contributed by atoms with Gasteiger partial charge in [0.2, 0.25) is 5.95 Å². The van der Waals surface area contributed by atoms with Crippen LogP contribution in [0, 0.1) is 5.92 Å². The summed E-state index contributed by atoms with van der Waals surface area (Å²) in [6.07, 6.45) is 6.00. The molecule has 1 N–H and O–H groups in total. The predicted octanol–water partition coefficient (Wildman–Crippen LogP) is 2.54. The first-order valence-corrected chi connectivity index (χ1v) is 8.09. The number of carbonyl (C=O) groups is 1. The monoisotopic (exact) mass is 322 g/mol. The second kappa shape index (κ2) is 8.10. The maximum atomic E-state index is 11.4.